The number of halogens is 1. The molecule has 104 valence electrons. The number of aliphatic imine (C=N–C) groups is 1. The minimum atomic E-state index is 0.700. The molecule has 0 aromatic heterocycles. The quantitative estimate of drug-likeness (QED) is 0.694. The first-order chi connectivity index (χ1) is 9.69. The van der Waals surface area contributed by atoms with Gasteiger partial charge >= 0.3 is 0 Å². The Bertz CT molecular complexity index is 590. The van der Waals surface area contributed by atoms with Crippen LogP contribution in [0.2, 0.25) is 5.02 Å². The van der Waals surface area contributed by atoms with Crippen LogP contribution in [0.1, 0.15) is 24.5 Å². The molecule has 0 aliphatic carbocycles. The Labute approximate surface area is 125 Å². The van der Waals surface area contributed by atoms with E-state index in [1.807, 2.05) is 55.6 Å². The highest BCUT2D eigenvalue weighted by molar-refractivity contribution is 6.30. The third-order valence-electron chi connectivity index (χ3n) is 2.88. The maximum atomic E-state index is 5.98. The summed E-state index contributed by atoms with van der Waals surface area (Å²) in [6.07, 6.45) is 2.85. The monoisotopic (exact) mass is 287 g/mol. The lowest BCUT2D eigenvalue weighted by Gasteiger charge is -2.04. The smallest absolute Gasteiger partial charge is 0.119 e. The normalized spacial score (nSPS) is 10.9. The van der Waals surface area contributed by atoms with Gasteiger partial charge in [-0.15, -0.1) is 0 Å². The molecule has 3 heteroatoms. The van der Waals surface area contributed by atoms with Gasteiger partial charge in [0.1, 0.15) is 5.75 Å². The molecule has 0 aliphatic rings. The zero-order chi connectivity index (χ0) is 14.4. The molecule has 20 heavy (non-hydrogen) atoms. The summed E-state index contributed by atoms with van der Waals surface area (Å²) in [6, 6.07) is 13.6. The van der Waals surface area contributed by atoms with E-state index in [0.717, 1.165) is 35.6 Å². The Balaban J connectivity index is 2.09. The highest BCUT2D eigenvalue weighted by Crippen LogP contribution is 2.23. The fourth-order valence-electron chi connectivity index (χ4n) is 1.74. The molecular formula is C17H18ClNO. The summed E-state index contributed by atoms with van der Waals surface area (Å²) in [6.45, 7) is 4.86. The van der Waals surface area contributed by atoms with Gasteiger partial charge in [0, 0.05) is 11.2 Å². The van der Waals surface area contributed by atoms with Crippen molar-refractivity contribution in [1.29, 1.82) is 0 Å². The summed E-state index contributed by atoms with van der Waals surface area (Å²) in [5, 5.41) is 0.700. The van der Waals surface area contributed by atoms with Crippen LogP contribution >= 0.6 is 11.6 Å². The third-order valence-corrected chi connectivity index (χ3v) is 3.11. The molecule has 0 bridgehead atoms. The summed E-state index contributed by atoms with van der Waals surface area (Å²) in [4.78, 5) is 4.48. The number of nitrogens with zero attached hydrogens (tertiary/aromatic N) is 1. The molecule has 2 rings (SSSR count). The van der Waals surface area contributed by atoms with Gasteiger partial charge < -0.3 is 4.74 Å². The first-order valence-corrected chi connectivity index (χ1v) is 7.10. The zero-order valence-electron chi connectivity index (χ0n) is 11.8. The van der Waals surface area contributed by atoms with E-state index in [-0.39, 0.29) is 0 Å². The Kier molecular flexibility index (Phi) is 5.19. The van der Waals surface area contributed by atoms with Crippen molar-refractivity contribution in [1.82, 2.24) is 0 Å². The SMILES string of the molecule is CCCOc1ccc(C=Nc2cc(Cl)ccc2C)cc1. The van der Waals surface area contributed by atoms with Crippen molar-refractivity contribution in [2.45, 2.75) is 20.3 Å². The van der Waals surface area contributed by atoms with Crippen LogP contribution < -0.4 is 4.74 Å². The molecule has 2 aromatic rings. The number of aryl methyl sites for hydroxylation is 1. The van der Waals surface area contributed by atoms with E-state index in [0.29, 0.717) is 5.02 Å². The van der Waals surface area contributed by atoms with Crippen molar-refractivity contribution >= 4 is 23.5 Å². The first kappa shape index (κ1) is 14.6. The lowest BCUT2D eigenvalue weighted by molar-refractivity contribution is 0.317. The second kappa shape index (κ2) is 7.11. The summed E-state index contributed by atoms with van der Waals surface area (Å²) in [7, 11) is 0. The van der Waals surface area contributed by atoms with Gasteiger partial charge in [0.05, 0.1) is 12.3 Å². The van der Waals surface area contributed by atoms with Crippen LogP contribution in [0.5, 0.6) is 5.75 Å². The summed E-state index contributed by atoms with van der Waals surface area (Å²) in [5.41, 5.74) is 3.03. The topological polar surface area (TPSA) is 21.6 Å². The van der Waals surface area contributed by atoms with Crippen molar-refractivity contribution in [3.8, 4) is 5.75 Å². The number of benzene rings is 2. The van der Waals surface area contributed by atoms with Gasteiger partial charge in [0.25, 0.3) is 0 Å². The molecule has 0 heterocycles. The van der Waals surface area contributed by atoms with Gasteiger partial charge in [-0.1, -0.05) is 24.6 Å². The van der Waals surface area contributed by atoms with Crippen LogP contribution in [0.4, 0.5) is 5.69 Å². The predicted octanol–water partition coefficient (Wildman–Crippen LogP) is 5.19. The van der Waals surface area contributed by atoms with Gasteiger partial charge in [-0.2, -0.15) is 0 Å². The second-order valence-electron chi connectivity index (χ2n) is 4.61. The molecular weight excluding hydrogens is 270 g/mol. The molecule has 0 spiro atoms. The Hall–Kier alpha value is -1.80. The van der Waals surface area contributed by atoms with Crippen LogP contribution in [0.15, 0.2) is 47.5 Å². The first-order valence-electron chi connectivity index (χ1n) is 6.72. The zero-order valence-corrected chi connectivity index (χ0v) is 12.5. The molecule has 0 saturated heterocycles. The van der Waals surface area contributed by atoms with E-state index in [1.54, 1.807) is 0 Å². The Morgan fingerprint density at radius 2 is 1.90 bits per heavy atom. The number of rotatable bonds is 5. The highest BCUT2D eigenvalue weighted by Gasteiger charge is 1.97. The van der Waals surface area contributed by atoms with E-state index < -0.39 is 0 Å². The van der Waals surface area contributed by atoms with E-state index in [4.69, 9.17) is 16.3 Å². The average molecular weight is 288 g/mol. The van der Waals surface area contributed by atoms with E-state index in [2.05, 4.69) is 11.9 Å². The van der Waals surface area contributed by atoms with Crippen LogP contribution in [0.25, 0.3) is 0 Å². The van der Waals surface area contributed by atoms with Crippen LogP contribution in [-0.4, -0.2) is 12.8 Å². The maximum Gasteiger partial charge on any atom is 0.119 e. The molecule has 0 saturated carbocycles. The van der Waals surface area contributed by atoms with Crippen LogP contribution in [0, 0.1) is 6.92 Å². The number of ether oxygens (including phenoxy) is 1. The fraction of sp³-hybridized carbons (Fsp3) is 0.235. The molecule has 0 fully saturated rings. The van der Waals surface area contributed by atoms with Gasteiger partial charge in [0.15, 0.2) is 0 Å². The molecule has 2 aromatic carbocycles. The third kappa shape index (κ3) is 4.10. The minimum absolute atomic E-state index is 0.700. The molecule has 0 aliphatic heterocycles. The Morgan fingerprint density at radius 1 is 1.15 bits per heavy atom. The van der Waals surface area contributed by atoms with Crippen molar-refractivity contribution in [3.05, 3.63) is 58.6 Å². The fourth-order valence-corrected chi connectivity index (χ4v) is 1.90. The van der Waals surface area contributed by atoms with Gasteiger partial charge in [-0.05, 0) is 60.9 Å². The van der Waals surface area contributed by atoms with Crippen molar-refractivity contribution in [2.75, 3.05) is 6.61 Å². The van der Waals surface area contributed by atoms with Crippen LogP contribution in [0.3, 0.4) is 0 Å². The predicted molar refractivity (Wildman–Crippen MR) is 85.7 cm³/mol. The number of hydrogen-bond donors (Lipinski definition) is 0. The summed E-state index contributed by atoms with van der Waals surface area (Å²) >= 11 is 5.98. The molecule has 2 nitrogen and oxygen atoms in total. The van der Waals surface area contributed by atoms with Gasteiger partial charge in [-0.3, -0.25) is 4.99 Å². The number of hydrogen-bond acceptors (Lipinski definition) is 2. The Morgan fingerprint density at radius 3 is 2.60 bits per heavy atom. The van der Waals surface area contributed by atoms with Gasteiger partial charge in [-0.25, -0.2) is 0 Å². The standard InChI is InChI=1S/C17H18ClNO/c1-3-10-20-16-8-5-14(6-9-16)12-19-17-11-15(18)7-4-13(17)2/h4-9,11-12H,3,10H2,1-2H3. The maximum absolute atomic E-state index is 5.98. The molecule has 0 amide bonds. The van der Waals surface area contributed by atoms with E-state index in [1.165, 1.54) is 0 Å². The minimum Gasteiger partial charge on any atom is -0.494 e. The van der Waals surface area contributed by atoms with Gasteiger partial charge in [0.2, 0.25) is 0 Å². The average Bonchev–Trinajstić information content (AvgIpc) is 2.47. The molecule has 0 N–H and O–H groups in total. The van der Waals surface area contributed by atoms with Crippen molar-refractivity contribution < 1.29 is 4.74 Å². The largest absolute Gasteiger partial charge is 0.494 e. The molecule has 0 atom stereocenters. The van der Waals surface area contributed by atoms with Crippen molar-refractivity contribution in [2.24, 2.45) is 4.99 Å². The second-order valence-corrected chi connectivity index (χ2v) is 5.04. The van der Waals surface area contributed by atoms with E-state index in [9.17, 15) is 0 Å². The lowest BCUT2D eigenvalue weighted by Crippen LogP contribution is -1.94. The van der Waals surface area contributed by atoms with Crippen LogP contribution in [-0.2, 0) is 0 Å². The summed E-state index contributed by atoms with van der Waals surface area (Å²) < 4.78 is 5.55. The molecule has 0 radical (unpaired) electrons. The summed E-state index contributed by atoms with van der Waals surface area (Å²) in [5.74, 6) is 0.892. The highest BCUT2D eigenvalue weighted by atomic mass is 35.5. The van der Waals surface area contributed by atoms with Crippen molar-refractivity contribution in [3.63, 3.8) is 0 Å². The molecule has 0 unspecified atom stereocenters. The lowest BCUT2D eigenvalue weighted by atomic mass is 10.2. The van der Waals surface area contributed by atoms with E-state index >= 15 is 0 Å².